The number of piperidine rings is 1. The van der Waals surface area contributed by atoms with Gasteiger partial charge < -0.3 is 16.0 Å². The fraction of sp³-hybridized carbons (Fsp3) is 0.929. The van der Waals surface area contributed by atoms with Crippen molar-refractivity contribution < 1.29 is 4.79 Å². The molecule has 2 atom stereocenters. The van der Waals surface area contributed by atoms with Gasteiger partial charge in [0.15, 0.2) is 0 Å². The van der Waals surface area contributed by atoms with Gasteiger partial charge in [0.05, 0.1) is 5.54 Å². The van der Waals surface area contributed by atoms with Crippen LogP contribution in [0.1, 0.15) is 47.0 Å². The van der Waals surface area contributed by atoms with E-state index >= 15 is 0 Å². The molecule has 0 aromatic heterocycles. The molecule has 1 aliphatic rings. The van der Waals surface area contributed by atoms with Gasteiger partial charge in [-0.05, 0) is 58.7 Å². The third-order valence-corrected chi connectivity index (χ3v) is 4.26. The molecule has 0 saturated carbocycles. The maximum absolute atomic E-state index is 11.6. The topological polar surface area (TPSA) is 58.4 Å². The Morgan fingerprint density at radius 1 is 1.50 bits per heavy atom. The summed E-state index contributed by atoms with van der Waals surface area (Å²) < 4.78 is 0. The summed E-state index contributed by atoms with van der Waals surface area (Å²) in [7, 11) is 0. The first-order chi connectivity index (χ1) is 8.39. The van der Waals surface area contributed by atoms with Crippen LogP contribution in [0.25, 0.3) is 0 Å². The molecule has 0 aliphatic carbocycles. The van der Waals surface area contributed by atoms with Crippen LogP contribution in [-0.2, 0) is 4.79 Å². The highest BCUT2D eigenvalue weighted by atomic mass is 16.1. The molecule has 1 fully saturated rings. The van der Waals surface area contributed by atoms with Crippen LogP contribution in [0.4, 0.5) is 0 Å². The van der Waals surface area contributed by atoms with Gasteiger partial charge in [-0.1, -0.05) is 13.8 Å². The predicted molar refractivity (Wildman–Crippen MR) is 75.3 cm³/mol. The smallest absolute Gasteiger partial charge is 0.237 e. The van der Waals surface area contributed by atoms with Crippen molar-refractivity contribution in [3.8, 4) is 0 Å². The first-order valence-corrected chi connectivity index (χ1v) is 7.18. The molecule has 18 heavy (non-hydrogen) atoms. The fourth-order valence-corrected chi connectivity index (χ4v) is 2.84. The maximum atomic E-state index is 11.6. The Bertz CT molecular complexity index is 274. The van der Waals surface area contributed by atoms with Gasteiger partial charge in [0, 0.05) is 6.04 Å². The van der Waals surface area contributed by atoms with Crippen LogP contribution in [0.2, 0.25) is 0 Å². The molecule has 0 aromatic rings. The number of rotatable bonds is 6. The molecule has 1 saturated heterocycles. The average Bonchev–Trinajstić information content (AvgIpc) is 2.29. The monoisotopic (exact) mass is 255 g/mol. The summed E-state index contributed by atoms with van der Waals surface area (Å²) in [6.07, 6.45) is 3.31. The molecule has 1 rings (SSSR count). The number of carbonyl (C=O) groups is 1. The molecule has 0 spiro atoms. The van der Waals surface area contributed by atoms with Crippen molar-refractivity contribution in [2.45, 2.75) is 58.5 Å². The standard InChI is InChI=1S/C14H29N3O/c1-5-16-14(4,13(15)18)10-12(3)17-8-6-11(2)7-9-17/h11-12,16H,5-10H2,1-4H3,(H2,15,18). The van der Waals surface area contributed by atoms with Crippen molar-refractivity contribution in [2.24, 2.45) is 11.7 Å². The van der Waals surface area contributed by atoms with Crippen molar-refractivity contribution in [1.82, 2.24) is 10.2 Å². The van der Waals surface area contributed by atoms with Crippen LogP contribution in [0.3, 0.4) is 0 Å². The van der Waals surface area contributed by atoms with E-state index < -0.39 is 5.54 Å². The zero-order valence-corrected chi connectivity index (χ0v) is 12.3. The molecule has 4 nitrogen and oxygen atoms in total. The molecule has 1 amide bonds. The molecule has 4 heteroatoms. The van der Waals surface area contributed by atoms with E-state index in [4.69, 9.17) is 5.73 Å². The number of hydrogen-bond acceptors (Lipinski definition) is 3. The molecular weight excluding hydrogens is 226 g/mol. The van der Waals surface area contributed by atoms with Crippen LogP contribution < -0.4 is 11.1 Å². The van der Waals surface area contributed by atoms with E-state index in [1.807, 2.05) is 13.8 Å². The van der Waals surface area contributed by atoms with Gasteiger partial charge in [0.2, 0.25) is 5.91 Å². The van der Waals surface area contributed by atoms with Crippen molar-refractivity contribution in [1.29, 1.82) is 0 Å². The third kappa shape index (κ3) is 3.95. The van der Waals surface area contributed by atoms with Crippen molar-refractivity contribution in [3.63, 3.8) is 0 Å². The summed E-state index contributed by atoms with van der Waals surface area (Å²) in [5.74, 6) is 0.589. The minimum absolute atomic E-state index is 0.249. The van der Waals surface area contributed by atoms with Gasteiger partial charge in [-0.25, -0.2) is 0 Å². The highest BCUT2D eigenvalue weighted by molar-refractivity contribution is 5.84. The van der Waals surface area contributed by atoms with Gasteiger partial charge in [-0.15, -0.1) is 0 Å². The number of amides is 1. The number of likely N-dealkylation sites (N-methyl/N-ethyl adjacent to an activating group) is 1. The quantitative estimate of drug-likeness (QED) is 0.753. The first-order valence-electron chi connectivity index (χ1n) is 7.18. The minimum atomic E-state index is -0.586. The van der Waals surface area contributed by atoms with E-state index in [9.17, 15) is 4.79 Å². The molecule has 0 bridgehead atoms. The van der Waals surface area contributed by atoms with Gasteiger partial charge >= 0.3 is 0 Å². The summed E-state index contributed by atoms with van der Waals surface area (Å²) in [6.45, 7) is 11.5. The lowest BCUT2D eigenvalue weighted by molar-refractivity contribution is -0.124. The number of nitrogens with two attached hydrogens (primary N) is 1. The number of carbonyl (C=O) groups excluding carboxylic acids is 1. The Balaban J connectivity index is 2.56. The Morgan fingerprint density at radius 2 is 2.06 bits per heavy atom. The third-order valence-electron chi connectivity index (χ3n) is 4.26. The van der Waals surface area contributed by atoms with E-state index in [-0.39, 0.29) is 5.91 Å². The van der Waals surface area contributed by atoms with Crippen LogP contribution in [-0.4, -0.2) is 42.0 Å². The van der Waals surface area contributed by atoms with Gasteiger partial charge in [0.25, 0.3) is 0 Å². The van der Waals surface area contributed by atoms with Crippen molar-refractivity contribution >= 4 is 5.91 Å². The van der Waals surface area contributed by atoms with E-state index in [0.29, 0.717) is 6.04 Å². The van der Waals surface area contributed by atoms with E-state index in [1.54, 1.807) is 0 Å². The highest BCUT2D eigenvalue weighted by Crippen LogP contribution is 2.22. The van der Waals surface area contributed by atoms with Gasteiger partial charge in [-0.2, -0.15) is 0 Å². The van der Waals surface area contributed by atoms with Crippen molar-refractivity contribution in [2.75, 3.05) is 19.6 Å². The molecule has 3 N–H and O–H groups in total. The number of nitrogens with zero attached hydrogens (tertiary/aromatic N) is 1. The van der Waals surface area contributed by atoms with Crippen molar-refractivity contribution in [3.05, 3.63) is 0 Å². The highest BCUT2D eigenvalue weighted by Gasteiger charge is 2.34. The predicted octanol–water partition coefficient (Wildman–Crippen LogP) is 1.35. The first kappa shape index (κ1) is 15.4. The summed E-state index contributed by atoms with van der Waals surface area (Å²) >= 11 is 0. The molecule has 0 radical (unpaired) electrons. The SMILES string of the molecule is CCNC(C)(CC(C)N1CCC(C)CC1)C(N)=O. The van der Waals surface area contributed by atoms with Crippen LogP contribution in [0.5, 0.6) is 0 Å². The summed E-state index contributed by atoms with van der Waals surface area (Å²) in [4.78, 5) is 14.1. The van der Waals surface area contributed by atoms with Crippen LogP contribution >= 0.6 is 0 Å². The zero-order chi connectivity index (χ0) is 13.8. The minimum Gasteiger partial charge on any atom is -0.368 e. The largest absolute Gasteiger partial charge is 0.368 e. The second-order valence-corrected chi connectivity index (χ2v) is 6.00. The molecule has 1 aliphatic heterocycles. The number of hydrogen-bond donors (Lipinski definition) is 2. The molecule has 106 valence electrons. The van der Waals surface area contributed by atoms with Gasteiger partial charge in [-0.3, -0.25) is 4.79 Å². The average molecular weight is 255 g/mol. The number of primary amides is 1. The van der Waals surface area contributed by atoms with E-state index in [1.165, 1.54) is 12.8 Å². The molecular formula is C14H29N3O. The molecule has 1 heterocycles. The second-order valence-electron chi connectivity index (χ2n) is 6.00. The summed E-state index contributed by atoms with van der Waals surface area (Å²) in [5, 5.41) is 3.24. The second kappa shape index (κ2) is 6.53. The van der Waals surface area contributed by atoms with Crippen LogP contribution in [0, 0.1) is 5.92 Å². The summed E-state index contributed by atoms with van der Waals surface area (Å²) in [6, 6.07) is 0.397. The Hall–Kier alpha value is -0.610. The lowest BCUT2D eigenvalue weighted by atomic mass is 9.90. The Morgan fingerprint density at radius 3 is 2.50 bits per heavy atom. The summed E-state index contributed by atoms with van der Waals surface area (Å²) in [5.41, 5.74) is 4.95. The Kier molecular flexibility index (Phi) is 5.60. The normalized spacial score (nSPS) is 23.6. The molecule has 2 unspecified atom stereocenters. The van der Waals surface area contributed by atoms with Gasteiger partial charge in [0.1, 0.15) is 0 Å². The fourth-order valence-electron chi connectivity index (χ4n) is 2.84. The number of likely N-dealkylation sites (tertiary alicyclic amines) is 1. The van der Waals surface area contributed by atoms with E-state index in [2.05, 4.69) is 24.1 Å². The maximum Gasteiger partial charge on any atom is 0.237 e. The molecule has 0 aromatic carbocycles. The lowest BCUT2D eigenvalue weighted by Gasteiger charge is -2.39. The lowest BCUT2D eigenvalue weighted by Crippen LogP contribution is -2.56. The number of nitrogens with one attached hydrogen (secondary N) is 1. The zero-order valence-electron chi connectivity index (χ0n) is 12.3. The van der Waals surface area contributed by atoms with Crippen LogP contribution in [0.15, 0.2) is 0 Å². The van der Waals surface area contributed by atoms with E-state index in [0.717, 1.165) is 32.0 Å². The Labute approximate surface area is 111 Å².